The summed E-state index contributed by atoms with van der Waals surface area (Å²) >= 11 is 0. The molecule has 106 valence electrons. The molecule has 1 aromatic heterocycles. The Labute approximate surface area is 114 Å². The first kappa shape index (κ1) is 14.1. The molecule has 2 rings (SSSR count). The molecule has 20 heavy (non-hydrogen) atoms. The summed E-state index contributed by atoms with van der Waals surface area (Å²) in [4.78, 5) is 15.1. The Bertz CT molecular complexity index is 608. The number of carboxylic acids is 1. The lowest BCUT2D eigenvalue weighted by Gasteiger charge is -2.19. The SMILES string of the molecule is CC(C)(NCc1noc(-c2ccc(F)cc2)n1)C(=O)O. The molecule has 0 atom stereocenters. The lowest BCUT2D eigenvalue weighted by molar-refractivity contribution is -0.143. The maximum atomic E-state index is 12.8. The second-order valence-corrected chi connectivity index (χ2v) is 4.81. The third kappa shape index (κ3) is 3.18. The predicted octanol–water partition coefficient (Wildman–Crippen LogP) is 1.83. The van der Waals surface area contributed by atoms with Gasteiger partial charge < -0.3 is 9.63 Å². The van der Waals surface area contributed by atoms with Crippen molar-refractivity contribution < 1.29 is 18.8 Å². The maximum absolute atomic E-state index is 12.8. The number of carbonyl (C=O) groups is 1. The van der Waals surface area contributed by atoms with E-state index in [0.29, 0.717) is 11.4 Å². The molecule has 0 spiro atoms. The standard InChI is InChI=1S/C13H14FN3O3/c1-13(2,12(18)19)15-7-10-16-11(20-17-10)8-3-5-9(14)6-4-8/h3-6,15H,7H2,1-2H3,(H,18,19). The van der Waals surface area contributed by atoms with Crippen LogP contribution in [-0.4, -0.2) is 26.8 Å². The largest absolute Gasteiger partial charge is 0.480 e. The molecular weight excluding hydrogens is 265 g/mol. The number of hydrogen-bond donors (Lipinski definition) is 2. The van der Waals surface area contributed by atoms with Gasteiger partial charge in [-0.3, -0.25) is 10.1 Å². The second-order valence-electron chi connectivity index (χ2n) is 4.81. The quantitative estimate of drug-likeness (QED) is 0.868. The molecule has 2 N–H and O–H groups in total. The van der Waals surface area contributed by atoms with Gasteiger partial charge in [0.15, 0.2) is 5.82 Å². The van der Waals surface area contributed by atoms with Gasteiger partial charge in [-0.1, -0.05) is 5.16 Å². The molecule has 0 amide bonds. The van der Waals surface area contributed by atoms with Crippen LogP contribution in [0.2, 0.25) is 0 Å². The highest BCUT2D eigenvalue weighted by molar-refractivity contribution is 5.77. The highest BCUT2D eigenvalue weighted by Crippen LogP contribution is 2.17. The molecule has 0 aliphatic rings. The van der Waals surface area contributed by atoms with Crippen LogP contribution < -0.4 is 5.32 Å². The van der Waals surface area contributed by atoms with Crippen molar-refractivity contribution in [2.24, 2.45) is 0 Å². The van der Waals surface area contributed by atoms with Gasteiger partial charge in [0.25, 0.3) is 5.89 Å². The number of benzene rings is 1. The first-order chi connectivity index (χ1) is 9.38. The fourth-order valence-corrected chi connectivity index (χ4v) is 1.41. The van der Waals surface area contributed by atoms with Gasteiger partial charge in [-0.2, -0.15) is 4.98 Å². The first-order valence-electron chi connectivity index (χ1n) is 5.95. The van der Waals surface area contributed by atoms with E-state index in [1.165, 1.54) is 38.1 Å². The molecule has 0 unspecified atom stereocenters. The third-order valence-corrected chi connectivity index (χ3v) is 2.78. The van der Waals surface area contributed by atoms with Crippen molar-refractivity contribution in [1.29, 1.82) is 0 Å². The lowest BCUT2D eigenvalue weighted by Crippen LogP contribution is -2.46. The van der Waals surface area contributed by atoms with Gasteiger partial charge in [0.2, 0.25) is 0 Å². The van der Waals surface area contributed by atoms with Crippen LogP contribution in [0.5, 0.6) is 0 Å². The van der Waals surface area contributed by atoms with Crippen molar-refractivity contribution >= 4 is 5.97 Å². The van der Waals surface area contributed by atoms with E-state index in [1.54, 1.807) is 0 Å². The predicted molar refractivity (Wildman–Crippen MR) is 68.2 cm³/mol. The first-order valence-corrected chi connectivity index (χ1v) is 5.95. The van der Waals surface area contributed by atoms with Gasteiger partial charge in [0.05, 0.1) is 6.54 Å². The van der Waals surface area contributed by atoms with Crippen molar-refractivity contribution in [1.82, 2.24) is 15.5 Å². The number of aromatic nitrogens is 2. The minimum atomic E-state index is -1.09. The summed E-state index contributed by atoms with van der Waals surface area (Å²) in [6, 6.07) is 5.65. The molecule has 6 nitrogen and oxygen atoms in total. The van der Waals surface area contributed by atoms with Gasteiger partial charge in [0, 0.05) is 5.56 Å². The van der Waals surface area contributed by atoms with E-state index < -0.39 is 11.5 Å². The summed E-state index contributed by atoms with van der Waals surface area (Å²) in [5.74, 6) is -0.730. The maximum Gasteiger partial charge on any atom is 0.323 e. The van der Waals surface area contributed by atoms with E-state index >= 15 is 0 Å². The molecule has 1 heterocycles. The fraction of sp³-hybridized carbons (Fsp3) is 0.308. The lowest BCUT2D eigenvalue weighted by atomic mass is 10.1. The number of rotatable bonds is 5. The minimum absolute atomic E-state index is 0.157. The van der Waals surface area contributed by atoms with Gasteiger partial charge in [-0.05, 0) is 38.1 Å². The van der Waals surface area contributed by atoms with Crippen molar-refractivity contribution in [2.75, 3.05) is 0 Å². The Morgan fingerprint density at radius 3 is 2.65 bits per heavy atom. The Hall–Kier alpha value is -2.28. The molecule has 0 saturated heterocycles. The topological polar surface area (TPSA) is 88.3 Å². The summed E-state index contributed by atoms with van der Waals surface area (Å²) in [6.45, 7) is 3.23. The minimum Gasteiger partial charge on any atom is -0.480 e. The highest BCUT2D eigenvalue weighted by Gasteiger charge is 2.26. The Kier molecular flexibility index (Phi) is 3.80. The van der Waals surface area contributed by atoms with Gasteiger partial charge >= 0.3 is 5.97 Å². The molecule has 0 saturated carbocycles. The van der Waals surface area contributed by atoms with E-state index in [1.807, 2.05) is 0 Å². The van der Waals surface area contributed by atoms with Gasteiger partial charge in [-0.15, -0.1) is 0 Å². The Balaban J connectivity index is 2.06. The van der Waals surface area contributed by atoms with Crippen LogP contribution in [0.25, 0.3) is 11.5 Å². The fourth-order valence-electron chi connectivity index (χ4n) is 1.41. The van der Waals surface area contributed by atoms with Crippen LogP contribution in [0.15, 0.2) is 28.8 Å². The zero-order valence-corrected chi connectivity index (χ0v) is 11.1. The molecule has 2 aromatic rings. The van der Waals surface area contributed by atoms with Crippen molar-refractivity contribution in [3.8, 4) is 11.5 Å². The second kappa shape index (κ2) is 5.38. The molecule has 1 aromatic carbocycles. The number of nitrogens with zero attached hydrogens (tertiary/aromatic N) is 2. The van der Waals surface area contributed by atoms with E-state index in [0.717, 1.165) is 0 Å². The third-order valence-electron chi connectivity index (χ3n) is 2.78. The Morgan fingerprint density at radius 2 is 2.05 bits per heavy atom. The summed E-state index contributed by atoms with van der Waals surface area (Å²) in [7, 11) is 0. The van der Waals surface area contributed by atoms with Crippen LogP contribution >= 0.6 is 0 Å². The van der Waals surface area contributed by atoms with Crippen molar-refractivity contribution in [3.05, 3.63) is 35.9 Å². The van der Waals surface area contributed by atoms with Gasteiger partial charge in [0.1, 0.15) is 11.4 Å². The molecule has 0 bridgehead atoms. The average molecular weight is 279 g/mol. The molecule has 0 radical (unpaired) electrons. The number of aliphatic carboxylic acids is 1. The summed E-state index contributed by atoms with van der Waals surface area (Å²) < 4.78 is 17.8. The molecular formula is C13H14FN3O3. The average Bonchev–Trinajstić information content (AvgIpc) is 2.86. The number of carboxylic acid groups (broad SMARTS) is 1. The zero-order valence-electron chi connectivity index (χ0n) is 11.1. The highest BCUT2D eigenvalue weighted by atomic mass is 19.1. The van der Waals surface area contributed by atoms with E-state index in [9.17, 15) is 9.18 Å². The monoisotopic (exact) mass is 279 g/mol. The van der Waals surface area contributed by atoms with Crippen LogP contribution in [0.4, 0.5) is 4.39 Å². The van der Waals surface area contributed by atoms with Crippen molar-refractivity contribution in [3.63, 3.8) is 0 Å². The van der Waals surface area contributed by atoms with Crippen LogP contribution in [-0.2, 0) is 11.3 Å². The van der Waals surface area contributed by atoms with Crippen LogP contribution in [0, 0.1) is 5.82 Å². The van der Waals surface area contributed by atoms with Gasteiger partial charge in [-0.25, -0.2) is 4.39 Å². The molecule has 7 heteroatoms. The van der Waals surface area contributed by atoms with Crippen molar-refractivity contribution in [2.45, 2.75) is 25.9 Å². The van der Waals surface area contributed by atoms with Crippen LogP contribution in [0.3, 0.4) is 0 Å². The van der Waals surface area contributed by atoms with E-state index in [2.05, 4.69) is 15.5 Å². The van der Waals surface area contributed by atoms with Crippen LogP contribution in [0.1, 0.15) is 19.7 Å². The molecule has 0 aliphatic carbocycles. The number of hydrogen-bond acceptors (Lipinski definition) is 5. The Morgan fingerprint density at radius 1 is 1.40 bits per heavy atom. The molecule has 0 fully saturated rings. The zero-order chi connectivity index (χ0) is 14.8. The normalized spacial score (nSPS) is 11.6. The summed E-state index contributed by atoms with van der Waals surface area (Å²) in [5.41, 5.74) is -0.487. The molecule has 0 aliphatic heterocycles. The smallest absolute Gasteiger partial charge is 0.323 e. The summed E-state index contributed by atoms with van der Waals surface area (Å²) in [5, 5.41) is 15.5. The summed E-state index contributed by atoms with van der Waals surface area (Å²) in [6.07, 6.45) is 0. The van der Waals surface area contributed by atoms with E-state index in [-0.39, 0.29) is 18.3 Å². The van der Waals surface area contributed by atoms with E-state index in [4.69, 9.17) is 9.63 Å². The number of nitrogens with one attached hydrogen (secondary N) is 1. The number of halogens is 1.